The second kappa shape index (κ2) is 6.63. The number of aryl methyl sites for hydroxylation is 1. The Bertz CT molecular complexity index is 1050. The second-order valence-electron chi connectivity index (χ2n) is 5.94. The number of ether oxygens (including phenoxy) is 1. The highest BCUT2D eigenvalue weighted by atomic mass is 35.5. The van der Waals surface area contributed by atoms with Gasteiger partial charge < -0.3 is 4.74 Å². The normalized spacial score (nSPS) is 15.0. The molecule has 0 radical (unpaired) electrons. The van der Waals surface area contributed by atoms with Crippen LogP contribution in [0.3, 0.4) is 0 Å². The van der Waals surface area contributed by atoms with Crippen molar-refractivity contribution >= 4 is 27.4 Å². The highest BCUT2D eigenvalue weighted by molar-refractivity contribution is 7.92. The van der Waals surface area contributed by atoms with Gasteiger partial charge in [-0.15, -0.1) is 0 Å². The minimum Gasteiger partial charge on any atom is -0.457 e. The molecule has 0 unspecified atom stereocenters. The van der Waals surface area contributed by atoms with Crippen LogP contribution in [-0.2, 0) is 16.6 Å². The fourth-order valence-corrected chi connectivity index (χ4v) is 4.18. The molecule has 0 aliphatic carbocycles. The summed E-state index contributed by atoms with van der Waals surface area (Å²) in [7, 11) is -3.35. The largest absolute Gasteiger partial charge is 0.457 e. The molecule has 1 aliphatic rings. The molecule has 5 nitrogen and oxygen atoms in total. The van der Waals surface area contributed by atoms with Gasteiger partial charge in [0.1, 0.15) is 23.8 Å². The summed E-state index contributed by atoms with van der Waals surface area (Å²) in [4.78, 5) is 0. The molecule has 0 bridgehead atoms. The number of fused-ring (bicyclic) bond motifs is 1. The van der Waals surface area contributed by atoms with Crippen LogP contribution in [0.15, 0.2) is 66.9 Å². The molecule has 1 aliphatic heterocycles. The van der Waals surface area contributed by atoms with E-state index < -0.39 is 10.0 Å². The number of halogens is 1. The monoisotopic (exact) mass is 387 g/mol. The van der Waals surface area contributed by atoms with E-state index in [0.717, 1.165) is 11.3 Å². The molecule has 7 heteroatoms. The summed E-state index contributed by atoms with van der Waals surface area (Å²) in [5.41, 5.74) is 1.47. The Kier molecular flexibility index (Phi) is 4.30. The number of nitrogens with zero attached hydrogens (tertiary/aromatic N) is 1. The number of sulfonamides is 1. The quantitative estimate of drug-likeness (QED) is 0.694. The molecule has 0 atom stereocenters. The Morgan fingerprint density at radius 3 is 2.38 bits per heavy atom. The van der Waals surface area contributed by atoms with Gasteiger partial charge in [0.15, 0.2) is 0 Å². The summed E-state index contributed by atoms with van der Waals surface area (Å²) < 4.78 is 34.2. The second-order valence-corrected chi connectivity index (χ2v) is 8.19. The van der Waals surface area contributed by atoms with Gasteiger partial charge in [0.05, 0.1) is 16.8 Å². The van der Waals surface area contributed by atoms with E-state index in [1.165, 1.54) is 0 Å². The molecule has 26 heavy (non-hydrogen) atoms. The van der Waals surface area contributed by atoms with E-state index in [-0.39, 0.29) is 5.75 Å². The van der Waals surface area contributed by atoms with Gasteiger partial charge in [0.25, 0.3) is 5.82 Å². The van der Waals surface area contributed by atoms with Gasteiger partial charge >= 0.3 is 10.0 Å². The van der Waals surface area contributed by atoms with E-state index in [4.69, 9.17) is 16.3 Å². The van der Waals surface area contributed by atoms with Gasteiger partial charge in [-0.3, -0.25) is 0 Å². The van der Waals surface area contributed by atoms with Crippen LogP contribution >= 0.6 is 11.6 Å². The lowest BCUT2D eigenvalue weighted by Gasteiger charge is -2.17. The molecule has 0 spiro atoms. The first kappa shape index (κ1) is 16.9. The van der Waals surface area contributed by atoms with Crippen LogP contribution < -0.4 is 14.0 Å². The summed E-state index contributed by atoms with van der Waals surface area (Å²) in [5.74, 6) is 1.98. The average Bonchev–Trinajstić information content (AvgIpc) is 2.63. The van der Waals surface area contributed by atoms with Crippen LogP contribution in [-0.4, -0.2) is 14.2 Å². The molecule has 1 N–H and O–H groups in total. The lowest BCUT2D eigenvalue weighted by molar-refractivity contribution is -0.679. The van der Waals surface area contributed by atoms with Crippen molar-refractivity contribution in [1.82, 2.24) is 0 Å². The number of anilines is 1. The predicted octanol–water partition coefficient (Wildman–Crippen LogP) is 3.84. The number of hydrogen-bond donors (Lipinski definition) is 1. The number of rotatable bonds is 3. The van der Waals surface area contributed by atoms with Crippen molar-refractivity contribution in [2.24, 2.45) is 0 Å². The molecule has 132 valence electrons. The third-order valence-corrected chi connectivity index (χ3v) is 5.68. The molecular weight excluding hydrogens is 372 g/mol. The average molecular weight is 388 g/mol. The lowest BCUT2D eigenvalue weighted by Crippen LogP contribution is -2.47. The molecule has 0 fully saturated rings. The fraction of sp³-hybridized carbons (Fsp3) is 0.105. The van der Waals surface area contributed by atoms with Crippen LogP contribution in [0.2, 0.25) is 5.02 Å². The Labute approximate surface area is 156 Å². The third-order valence-electron chi connectivity index (χ3n) is 4.14. The predicted molar refractivity (Wildman–Crippen MR) is 101 cm³/mol. The smallest absolute Gasteiger partial charge is 0.302 e. The Balaban J connectivity index is 1.70. The molecular formula is C19H16ClN2O3S+. The first-order valence-corrected chi connectivity index (χ1v) is 10.1. The van der Waals surface area contributed by atoms with E-state index in [1.54, 1.807) is 12.3 Å². The molecule has 1 aromatic heterocycles. The summed E-state index contributed by atoms with van der Waals surface area (Å²) in [6.45, 7) is 0.393. The van der Waals surface area contributed by atoms with Crippen LogP contribution in [0.1, 0.15) is 0 Å². The van der Waals surface area contributed by atoms with E-state index in [9.17, 15) is 8.42 Å². The Morgan fingerprint density at radius 2 is 1.65 bits per heavy atom. The van der Waals surface area contributed by atoms with Crippen LogP contribution in [0.5, 0.6) is 11.5 Å². The van der Waals surface area contributed by atoms with Crippen LogP contribution in [0, 0.1) is 0 Å². The van der Waals surface area contributed by atoms with Crippen molar-refractivity contribution in [3.8, 4) is 22.6 Å². The third kappa shape index (κ3) is 3.38. The highest BCUT2D eigenvalue weighted by Crippen LogP contribution is 2.35. The Hall–Kier alpha value is -2.57. The summed E-state index contributed by atoms with van der Waals surface area (Å²) in [5, 5.41) is 0.484. The number of benzene rings is 2. The van der Waals surface area contributed by atoms with Crippen molar-refractivity contribution < 1.29 is 17.7 Å². The first-order chi connectivity index (χ1) is 12.5. The van der Waals surface area contributed by atoms with Crippen LogP contribution in [0.25, 0.3) is 11.1 Å². The summed E-state index contributed by atoms with van der Waals surface area (Å²) >= 11 is 6.38. The number of pyridine rings is 1. The zero-order valence-corrected chi connectivity index (χ0v) is 15.3. The number of hydrogen-bond acceptors (Lipinski definition) is 3. The molecule has 2 aromatic carbocycles. The molecule has 3 aromatic rings. The fourth-order valence-electron chi connectivity index (χ4n) is 2.87. The summed E-state index contributed by atoms with van der Waals surface area (Å²) in [6, 6.07) is 18.7. The van der Waals surface area contributed by atoms with Gasteiger partial charge in [-0.25, -0.2) is 4.57 Å². The van der Waals surface area contributed by atoms with Gasteiger partial charge in [-0.1, -0.05) is 41.9 Å². The van der Waals surface area contributed by atoms with Gasteiger partial charge in [0.2, 0.25) is 0 Å². The topological polar surface area (TPSA) is 59.3 Å². The zero-order valence-electron chi connectivity index (χ0n) is 13.7. The highest BCUT2D eigenvalue weighted by Gasteiger charge is 2.31. The zero-order chi connectivity index (χ0) is 18.1. The van der Waals surface area contributed by atoms with Gasteiger partial charge in [0, 0.05) is 0 Å². The maximum absolute atomic E-state index is 12.0. The van der Waals surface area contributed by atoms with Crippen molar-refractivity contribution in [3.63, 3.8) is 0 Å². The minimum atomic E-state index is -3.35. The van der Waals surface area contributed by atoms with Crippen molar-refractivity contribution in [2.45, 2.75) is 6.54 Å². The minimum absolute atomic E-state index is 0.0512. The maximum atomic E-state index is 12.0. The van der Waals surface area contributed by atoms with E-state index in [0.29, 0.717) is 28.7 Å². The van der Waals surface area contributed by atoms with E-state index in [1.807, 2.05) is 59.2 Å². The molecule has 4 rings (SSSR count). The van der Waals surface area contributed by atoms with Gasteiger partial charge in [-0.2, -0.15) is 13.1 Å². The van der Waals surface area contributed by atoms with E-state index >= 15 is 0 Å². The number of aromatic nitrogens is 1. The van der Waals surface area contributed by atoms with E-state index in [2.05, 4.69) is 4.72 Å². The molecule has 0 saturated carbocycles. The number of para-hydroxylation sites is 1. The standard InChI is InChI=1S/C19H15ClN2O3S/c20-17-10-11-22-12-13-26(23,24)21-19(22)18(17)14-6-8-16(9-7-14)25-15-4-2-1-3-5-15/h1-11H,12-13H2/p+1. The number of nitrogens with one attached hydrogen (secondary N) is 1. The molecule has 2 heterocycles. The lowest BCUT2D eigenvalue weighted by atomic mass is 10.1. The van der Waals surface area contributed by atoms with Crippen molar-refractivity contribution in [1.29, 1.82) is 0 Å². The van der Waals surface area contributed by atoms with Crippen LogP contribution in [0.4, 0.5) is 5.82 Å². The Morgan fingerprint density at radius 1 is 0.962 bits per heavy atom. The van der Waals surface area contributed by atoms with Crippen molar-refractivity contribution in [3.05, 3.63) is 71.9 Å². The molecule has 0 amide bonds. The molecule has 0 saturated heterocycles. The van der Waals surface area contributed by atoms with Crippen molar-refractivity contribution in [2.75, 3.05) is 10.5 Å². The van der Waals surface area contributed by atoms with Gasteiger partial charge in [-0.05, 0) is 35.9 Å². The maximum Gasteiger partial charge on any atom is 0.302 e. The first-order valence-electron chi connectivity index (χ1n) is 8.08. The summed E-state index contributed by atoms with van der Waals surface area (Å²) in [6.07, 6.45) is 1.79. The SMILES string of the molecule is O=S1(=O)CC[n+]2ccc(Cl)c(-c3ccc(Oc4ccccc4)cc3)c2N1.